The summed E-state index contributed by atoms with van der Waals surface area (Å²) in [5.41, 5.74) is 0. The summed E-state index contributed by atoms with van der Waals surface area (Å²) in [7, 11) is 0. The summed E-state index contributed by atoms with van der Waals surface area (Å²) in [4.78, 5) is 31.7. The van der Waals surface area contributed by atoms with Gasteiger partial charge in [-0.3, -0.25) is 14.6 Å². The average Bonchev–Trinajstić information content (AvgIpc) is 3.14. The first-order chi connectivity index (χ1) is 13.5. The lowest BCUT2D eigenvalue weighted by molar-refractivity contribution is -0.135. The molecule has 4 aliphatic rings. The van der Waals surface area contributed by atoms with Crippen LogP contribution in [0.1, 0.15) is 40.5 Å². The van der Waals surface area contributed by atoms with Gasteiger partial charge in [0.25, 0.3) is 0 Å². The lowest BCUT2D eigenvalue weighted by Crippen LogP contribution is -2.62. The zero-order chi connectivity index (χ0) is 20.0. The van der Waals surface area contributed by atoms with Crippen molar-refractivity contribution in [2.24, 2.45) is 17.8 Å². The summed E-state index contributed by atoms with van der Waals surface area (Å²) in [6, 6.07) is 0.992. The fourth-order valence-corrected chi connectivity index (χ4v) is 5.87. The number of hydrogen-bond donors (Lipinski definition) is 0. The maximum absolute atomic E-state index is 12.8. The topological polar surface area (TPSA) is 62.3 Å². The minimum absolute atomic E-state index is 0.113. The van der Waals surface area contributed by atoms with Gasteiger partial charge in [-0.25, -0.2) is 4.79 Å². The largest absolute Gasteiger partial charge is 0.450 e. The molecule has 1 saturated carbocycles. The molecule has 7 heteroatoms. The van der Waals surface area contributed by atoms with Gasteiger partial charge in [-0.1, -0.05) is 0 Å². The number of rotatable bonds is 5. The van der Waals surface area contributed by atoms with Crippen molar-refractivity contribution in [3.05, 3.63) is 0 Å². The van der Waals surface area contributed by atoms with Crippen molar-refractivity contribution in [3.8, 4) is 0 Å². The second kappa shape index (κ2) is 7.82. The van der Waals surface area contributed by atoms with E-state index in [0.717, 1.165) is 32.5 Å². The van der Waals surface area contributed by atoms with Crippen molar-refractivity contribution < 1.29 is 19.1 Å². The predicted molar refractivity (Wildman–Crippen MR) is 105 cm³/mol. The third kappa shape index (κ3) is 3.41. The number of carbonyl (C=O) groups is 2. The SMILES string of the molecule is CCOC(=O)N1C2COCC1CC(N1CC3C(C1)C3C(=O)N(CC)C(C)C)C2. The number of nitrogens with zero attached hydrogens (tertiary/aromatic N) is 3. The molecule has 4 fully saturated rings. The van der Waals surface area contributed by atoms with Crippen LogP contribution in [-0.2, 0) is 14.3 Å². The molecule has 7 nitrogen and oxygen atoms in total. The van der Waals surface area contributed by atoms with E-state index in [9.17, 15) is 9.59 Å². The first-order valence-electron chi connectivity index (χ1n) is 11.0. The molecule has 2 bridgehead atoms. The van der Waals surface area contributed by atoms with E-state index < -0.39 is 0 Å². The van der Waals surface area contributed by atoms with Crippen molar-refractivity contribution in [1.82, 2.24) is 14.7 Å². The van der Waals surface area contributed by atoms with Gasteiger partial charge in [-0.05, 0) is 52.4 Å². The Morgan fingerprint density at radius 2 is 1.68 bits per heavy atom. The van der Waals surface area contributed by atoms with Crippen LogP contribution in [0.4, 0.5) is 4.79 Å². The molecule has 3 heterocycles. The van der Waals surface area contributed by atoms with Gasteiger partial charge in [0.05, 0.1) is 31.9 Å². The molecule has 4 unspecified atom stereocenters. The van der Waals surface area contributed by atoms with E-state index in [1.54, 1.807) is 0 Å². The van der Waals surface area contributed by atoms with Gasteiger partial charge >= 0.3 is 6.09 Å². The third-order valence-electron chi connectivity index (χ3n) is 7.25. The van der Waals surface area contributed by atoms with Gasteiger partial charge in [0.15, 0.2) is 0 Å². The molecule has 3 saturated heterocycles. The Labute approximate surface area is 168 Å². The molecule has 0 spiro atoms. The molecule has 2 amide bonds. The standard InChI is InChI=1S/C21H35N3O4/c1-5-23(13(3)4)20(25)19-17-9-22(10-18(17)19)14-7-15-11-27-12-16(8-14)24(15)21(26)28-6-2/h13-19H,5-12H2,1-4H3. The van der Waals surface area contributed by atoms with Crippen molar-refractivity contribution in [2.45, 2.75) is 64.7 Å². The highest BCUT2D eigenvalue weighted by Crippen LogP contribution is 2.54. The Bertz CT molecular complexity index is 586. The number of amides is 2. The summed E-state index contributed by atoms with van der Waals surface area (Å²) in [5, 5.41) is 0. The van der Waals surface area contributed by atoms with Gasteiger partial charge < -0.3 is 14.4 Å². The van der Waals surface area contributed by atoms with Gasteiger partial charge in [-0.2, -0.15) is 0 Å². The highest BCUT2D eigenvalue weighted by atomic mass is 16.6. The van der Waals surface area contributed by atoms with Crippen LogP contribution in [0.2, 0.25) is 0 Å². The normalized spacial score (nSPS) is 37.0. The molecule has 4 rings (SSSR count). The minimum Gasteiger partial charge on any atom is -0.450 e. The fourth-order valence-electron chi connectivity index (χ4n) is 5.87. The molecular weight excluding hydrogens is 358 g/mol. The van der Waals surface area contributed by atoms with Gasteiger partial charge in [0, 0.05) is 37.6 Å². The van der Waals surface area contributed by atoms with Crippen LogP contribution in [0.3, 0.4) is 0 Å². The maximum Gasteiger partial charge on any atom is 0.410 e. The molecule has 28 heavy (non-hydrogen) atoms. The number of hydrogen-bond acceptors (Lipinski definition) is 5. The zero-order valence-electron chi connectivity index (χ0n) is 17.7. The summed E-state index contributed by atoms with van der Waals surface area (Å²) in [5.74, 6) is 1.65. The molecule has 3 aliphatic heterocycles. The van der Waals surface area contributed by atoms with Crippen LogP contribution in [0.15, 0.2) is 0 Å². The van der Waals surface area contributed by atoms with Crippen molar-refractivity contribution in [2.75, 3.05) is 39.5 Å². The Balaban J connectivity index is 1.34. The lowest BCUT2D eigenvalue weighted by atomic mass is 9.89. The number of likely N-dealkylation sites (tertiary alicyclic amines) is 1. The summed E-state index contributed by atoms with van der Waals surface area (Å²) >= 11 is 0. The van der Waals surface area contributed by atoms with E-state index in [-0.39, 0.29) is 30.1 Å². The van der Waals surface area contributed by atoms with Gasteiger partial charge in [0.2, 0.25) is 5.91 Å². The maximum atomic E-state index is 12.8. The van der Waals surface area contributed by atoms with Crippen LogP contribution in [0.25, 0.3) is 0 Å². The molecule has 0 aromatic heterocycles. The number of piperidine rings is 2. The second-order valence-electron chi connectivity index (χ2n) is 9.10. The van der Waals surface area contributed by atoms with E-state index >= 15 is 0 Å². The highest BCUT2D eigenvalue weighted by Gasteiger charge is 2.61. The molecule has 0 aromatic carbocycles. The summed E-state index contributed by atoms with van der Waals surface area (Å²) in [6.45, 7) is 12.6. The average molecular weight is 394 g/mol. The third-order valence-corrected chi connectivity index (χ3v) is 7.25. The van der Waals surface area contributed by atoms with Crippen LogP contribution in [0.5, 0.6) is 0 Å². The van der Waals surface area contributed by atoms with Gasteiger partial charge in [-0.15, -0.1) is 0 Å². The predicted octanol–water partition coefficient (Wildman–Crippen LogP) is 1.81. The number of fused-ring (bicyclic) bond motifs is 3. The Hall–Kier alpha value is -1.34. The molecular formula is C21H35N3O4. The van der Waals surface area contributed by atoms with Crippen LogP contribution in [0, 0.1) is 17.8 Å². The molecule has 4 atom stereocenters. The Kier molecular flexibility index (Phi) is 5.58. The molecule has 0 aromatic rings. The van der Waals surface area contributed by atoms with E-state index in [1.165, 1.54) is 0 Å². The first-order valence-corrected chi connectivity index (χ1v) is 11.0. The first kappa shape index (κ1) is 20.0. The van der Waals surface area contributed by atoms with E-state index in [2.05, 4.69) is 25.7 Å². The lowest BCUT2D eigenvalue weighted by Gasteiger charge is -2.49. The molecule has 1 aliphatic carbocycles. The Morgan fingerprint density at radius 3 is 2.18 bits per heavy atom. The molecule has 158 valence electrons. The molecule has 0 N–H and O–H groups in total. The smallest absolute Gasteiger partial charge is 0.410 e. The molecule has 0 radical (unpaired) electrons. The fraction of sp³-hybridized carbons (Fsp3) is 0.905. The number of ether oxygens (including phenoxy) is 2. The second-order valence-corrected chi connectivity index (χ2v) is 9.10. The number of morpholine rings is 1. The van der Waals surface area contributed by atoms with Crippen LogP contribution < -0.4 is 0 Å². The van der Waals surface area contributed by atoms with E-state index in [0.29, 0.717) is 43.6 Å². The van der Waals surface area contributed by atoms with Gasteiger partial charge in [0.1, 0.15) is 0 Å². The number of carbonyl (C=O) groups excluding carboxylic acids is 2. The monoisotopic (exact) mass is 393 g/mol. The minimum atomic E-state index is -0.192. The van der Waals surface area contributed by atoms with Crippen molar-refractivity contribution >= 4 is 12.0 Å². The summed E-state index contributed by atoms with van der Waals surface area (Å²) < 4.78 is 11.0. The van der Waals surface area contributed by atoms with Crippen molar-refractivity contribution in [3.63, 3.8) is 0 Å². The Morgan fingerprint density at radius 1 is 1.07 bits per heavy atom. The van der Waals surface area contributed by atoms with Crippen LogP contribution in [-0.4, -0.2) is 90.3 Å². The van der Waals surface area contributed by atoms with Crippen molar-refractivity contribution in [1.29, 1.82) is 0 Å². The summed E-state index contributed by atoms with van der Waals surface area (Å²) in [6.07, 6.45) is 1.70. The van der Waals surface area contributed by atoms with E-state index in [4.69, 9.17) is 9.47 Å². The zero-order valence-corrected chi connectivity index (χ0v) is 17.7. The highest BCUT2D eigenvalue weighted by molar-refractivity contribution is 5.83. The quantitative estimate of drug-likeness (QED) is 0.713. The van der Waals surface area contributed by atoms with Crippen LogP contribution >= 0.6 is 0 Å². The van der Waals surface area contributed by atoms with E-state index in [1.807, 2.05) is 16.7 Å².